The van der Waals surface area contributed by atoms with Crippen LogP contribution in [0.3, 0.4) is 0 Å². The molecule has 1 amide bonds. The highest BCUT2D eigenvalue weighted by atomic mass is 32.2. The summed E-state index contributed by atoms with van der Waals surface area (Å²) in [6, 6.07) is 0. The minimum atomic E-state index is -6.98. The topological polar surface area (TPSA) is 128 Å². The summed E-state index contributed by atoms with van der Waals surface area (Å²) in [7, 11) is -6.98. The number of halogens is 8. The first-order chi connectivity index (χ1) is 21.4. The molecule has 3 fully saturated rings. The van der Waals surface area contributed by atoms with Gasteiger partial charge in [-0.2, -0.15) is 43.5 Å². The van der Waals surface area contributed by atoms with Crippen molar-refractivity contribution in [2.45, 2.75) is 138 Å². The van der Waals surface area contributed by atoms with Gasteiger partial charge < -0.3 is 29.0 Å². The average Bonchev–Trinajstić information content (AvgIpc) is 3.54. The van der Waals surface area contributed by atoms with E-state index in [9.17, 15) is 48.3 Å². The molecule has 3 aliphatic rings. The second-order valence-corrected chi connectivity index (χ2v) is 13.6. The molecule has 0 spiro atoms. The number of nitrogens with one attached hydrogen (secondary N) is 1. The Labute approximate surface area is 266 Å². The third-order valence-corrected chi connectivity index (χ3v) is 8.55. The van der Waals surface area contributed by atoms with Crippen molar-refractivity contribution < 1.29 is 80.9 Å². The van der Waals surface area contributed by atoms with Crippen LogP contribution in [0.15, 0.2) is 0 Å². The van der Waals surface area contributed by atoms with Gasteiger partial charge in [-0.1, -0.05) is 0 Å². The maximum atomic E-state index is 14.9. The van der Waals surface area contributed by atoms with E-state index in [0.717, 1.165) is 0 Å². The van der Waals surface area contributed by atoms with Gasteiger partial charge in [0.2, 0.25) is 5.91 Å². The zero-order chi connectivity index (χ0) is 35.7. The number of rotatable bonds is 17. The molecule has 0 aromatic carbocycles. The lowest BCUT2D eigenvalue weighted by Gasteiger charge is -2.33. The summed E-state index contributed by atoms with van der Waals surface area (Å²) in [6.45, 7) is 5.44. The van der Waals surface area contributed by atoms with E-state index in [4.69, 9.17) is 30.1 Å². The van der Waals surface area contributed by atoms with Gasteiger partial charge in [0, 0.05) is 25.8 Å². The van der Waals surface area contributed by atoms with Crippen molar-refractivity contribution in [1.29, 1.82) is 0 Å². The molecule has 0 aromatic heterocycles. The fraction of sp³-hybridized carbons (Fsp3) is 0.889. The predicted octanol–water partition coefficient (Wildman–Crippen LogP) is 4.64. The van der Waals surface area contributed by atoms with E-state index < -0.39 is 107 Å². The number of hydrogen-bond acceptors (Lipinski definition) is 10. The quantitative estimate of drug-likeness (QED) is 0.0984. The number of carbonyl (C=O) groups excluding carboxylic acids is 1. The first-order valence-electron chi connectivity index (χ1n) is 14.5. The number of ether oxygens (including phenoxy) is 6. The smallest absolute Gasteiger partial charge is 0.356 e. The highest BCUT2D eigenvalue weighted by Crippen LogP contribution is 2.50. The number of terminal acetylenes is 1. The molecule has 3 aliphatic heterocycles. The van der Waals surface area contributed by atoms with E-state index in [0.29, 0.717) is 19.3 Å². The lowest BCUT2D eigenvalue weighted by molar-refractivity contribution is -0.456. The molecule has 3 saturated heterocycles. The molecule has 0 saturated carbocycles. The lowest BCUT2D eigenvalue weighted by atomic mass is 10.1. The van der Waals surface area contributed by atoms with Crippen LogP contribution in [0.5, 0.6) is 0 Å². The van der Waals surface area contributed by atoms with Crippen molar-refractivity contribution in [3.8, 4) is 12.3 Å². The van der Waals surface area contributed by atoms with Crippen molar-refractivity contribution in [2.24, 2.45) is 0 Å². The third-order valence-electron chi connectivity index (χ3n) is 7.21. The van der Waals surface area contributed by atoms with Crippen molar-refractivity contribution >= 4 is 16.0 Å². The molecule has 0 aromatic rings. The van der Waals surface area contributed by atoms with Gasteiger partial charge in [0.25, 0.3) is 0 Å². The Morgan fingerprint density at radius 3 is 2.17 bits per heavy atom. The summed E-state index contributed by atoms with van der Waals surface area (Å²) >= 11 is 0. The second-order valence-electron chi connectivity index (χ2n) is 12.0. The van der Waals surface area contributed by atoms with Crippen LogP contribution < -0.4 is 5.32 Å². The van der Waals surface area contributed by atoms with Gasteiger partial charge >= 0.3 is 33.5 Å². The molecule has 3 rings (SSSR count). The first-order valence-corrected chi connectivity index (χ1v) is 16.0. The fourth-order valence-corrected chi connectivity index (χ4v) is 5.85. The van der Waals surface area contributed by atoms with Gasteiger partial charge in [0.15, 0.2) is 17.9 Å². The van der Waals surface area contributed by atoms with Crippen LogP contribution in [0.25, 0.3) is 0 Å². The second kappa shape index (κ2) is 14.2. The molecule has 2 unspecified atom stereocenters. The van der Waals surface area contributed by atoms with Crippen LogP contribution in [-0.2, 0) is 47.5 Å². The van der Waals surface area contributed by atoms with Crippen LogP contribution in [0.1, 0.15) is 72.6 Å². The number of alkyl halides is 8. The minimum absolute atomic E-state index is 0.216. The van der Waals surface area contributed by atoms with Crippen molar-refractivity contribution in [2.75, 3.05) is 13.2 Å². The highest BCUT2D eigenvalue weighted by molar-refractivity contribution is 7.87. The maximum absolute atomic E-state index is 14.9. The maximum Gasteiger partial charge on any atom is 0.460 e. The average molecular weight is 720 g/mol. The number of carbonyl (C=O) groups is 1. The standard InChI is InChI=1S/C27H37F8NO10S/c1-6-7-8-11-14-36-17(37)12-9-10-13-24(28,29)25(30,31)46-26(32,33)27(34,35)47(38,39)45-19-18(16-15-40-22(2,3)42-16)41-21-20(19)43-23(4,5)44-21/h1,16,18-21H,7-15H2,2-5H3,(H,36,37)/t16?,18-,19?,20+,21-/m1/s1. The molecular weight excluding hydrogens is 682 g/mol. The van der Waals surface area contributed by atoms with E-state index in [1.807, 2.05) is 0 Å². The van der Waals surface area contributed by atoms with Crippen molar-refractivity contribution in [1.82, 2.24) is 5.32 Å². The zero-order valence-corrected chi connectivity index (χ0v) is 26.7. The van der Waals surface area contributed by atoms with Crippen LogP contribution >= 0.6 is 0 Å². The molecule has 0 aliphatic carbocycles. The Bertz CT molecular complexity index is 1260. The van der Waals surface area contributed by atoms with Gasteiger partial charge in [0.05, 0.1) is 6.61 Å². The molecule has 1 N–H and O–H groups in total. The van der Waals surface area contributed by atoms with Crippen molar-refractivity contribution in [3.05, 3.63) is 0 Å². The van der Waals surface area contributed by atoms with E-state index in [1.165, 1.54) is 27.7 Å². The Morgan fingerprint density at radius 2 is 1.57 bits per heavy atom. The summed E-state index contributed by atoms with van der Waals surface area (Å²) < 4.78 is 175. The molecule has 0 bridgehead atoms. The molecule has 47 heavy (non-hydrogen) atoms. The van der Waals surface area contributed by atoms with E-state index in [1.54, 1.807) is 0 Å². The Morgan fingerprint density at radius 1 is 0.915 bits per heavy atom. The number of amides is 1. The van der Waals surface area contributed by atoms with Gasteiger partial charge in [-0.3, -0.25) is 8.98 Å². The van der Waals surface area contributed by atoms with E-state index in [-0.39, 0.29) is 13.2 Å². The molecule has 272 valence electrons. The van der Waals surface area contributed by atoms with Gasteiger partial charge in [-0.05, 0) is 53.4 Å². The van der Waals surface area contributed by atoms with Crippen LogP contribution in [0, 0.1) is 12.3 Å². The summed E-state index contributed by atoms with van der Waals surface area (Å²) in [5.74, 6) is -6.47. The summed E-state index contributed by atoms with van der Waals surface area (Å²) in [6.07, 6.45) is -18.1. The molecule has 5 atom stereocenters. The number of hydrogen-bond donors (Lipinski definition) is 1. The van der Waals surface area contributed by atoms with Crippen molar-refractivity contribution in [3.63, 3.8) is 0 Å². The normalized spacial score (nSPS) is 27.9. The molecular formula is C27H37F8NO10S. The summed E-state index contributed by atoms with van der Waals surface area (Å²) in [5, 5.41) is -4.21. The zero-order valence-electron chi connectivity index (χ0n) is 25.8. The predicted molar refractivity (Wildman–Crippen MR) is 142 cm³/mol. The Balaban J connectivity index is 1.66. The van der Waals surface area contributed by atoms with Gasteiger partial charge in [-0.25, -0.2) is 4.74 Å². The summed E-state index contributed by atoms with van der Waals surface area (Å²) in [4.78, 5) is 11.7. The van der Waals surface area contributed by atoms with Gasteiger partial charge in [0.1, 0.15) is 24.4 Å². The first kappa shape index (κ1) is 39.6. The largest absolute Gasteiger partial charge is 0.460 e. The van der Waals surface area contributed by atoms with Gasteiger partial charge in [-0.15, -0.1) is 12.3 Å². The molecule has 11 nitrogen and oxygen atoms in total. The van der Waals surface area contributed by atoms with E-state index in [2.05, 4.69) is 20.2 Å². The minimum Gasteiger partial charge on any atom is -0.356 e. The monoisotopic (exact) mass is 719 g/mol. The Hall–Kier alpha value is -1.86. The highest BCUT2D eigenvalue weighted by Gasteiger charge is 2.75. The number of unbranched alkanes of at least 4 members (excludes halogenated alkanes) is 3. The third kappa shape index (κ3) is 9.23. The summed E-state index contributed by atoms with van der Waals surface area (Å²) in [5.41, 5.74) is 0. The number of fused-ring (bicyclic) bond motifs is 1. The van der Waals surface area contributed by atoms with Crippen LogP contribution in [0.4, 0.5) is 35.1 Å². The molecule has 0 radical (unpaired) electrons. The van der Waals surface area contributed by atoms with Crippen LogP contribution in [-0.4, -0.2) is 93.2 Å². The van der Waals surface area contributed by atoms with E-state index >= 15 is 0 Å². The molecule has 3 heterocycles. The Kier molecular flexibility index (Phi) is 11.9. The van der Waals surface area contributed by atoms with Crippen LogP contribution in [0.2, 0.25) is 0 Å². The fourth-order valence-electron chi connectivity index (χ4n) is 4.88. The SMILES string of the molecule is C#CCCCCNC(=O)CCCCC(F)(F)C(F)(F)OC(F)(F)C(F)(F)S(=O)(=O)OC1[C@@H](C2COC(C)(C)O2)O[C@@H]2OC(C)(C)O[C@@H]12. The lowest BCUT2D eigenvalue weighted by Crippen LogP contribution is -2.57. The molecule has 20 heteroatoms.